The SMILES string of the molecule is C#Cc1cccnc1-c1ccc(OC)cc1. The highest BCUT2D eigenvalue weighted by Gasteiger charge is 2.03. The van der Waals surface area contributed by atoms with Crippen molar-refractivity contribution >= 4 is 0 Å². The number of methoxy groups -OCH3 is 1. The Morgan fingerprint density at radius 1 is 1.19 bits per heavy atom. The molecule has 1 aromatic carbocycles. The molecule has 0 spiro atoms. The van der Waals surface area contributed by atoms with Gasteiger partial charge in [0.2, 0.25) is 0 Å². The van der Waals surface area contributed by atoms with Crippen LogP contribution in [0, 0.1) is 12.3 Å². The first-order chi connectivity index (χ1) is 7.85. The van der Waals surface area contributed by atoms with Crippen LogP contribution in [0.15, 0.2) is 42.6 Å². The molecule has 1 heterocycles. The summed E-state index contributed by atoms with van der Waals surface area (Å²) in [6.45, 7) is 0. The van der Waals surface area contributed by atoms with Crippen molar-refractivity contribution in [3.8, 4) is 29.4 Å². The number of terminal acetylenes is 1. The van der Waals surface area contributed by atoms with Crippen LogP contribution in [-0.2, 0) is 0 Å². The number of benzene rings is 1. The molecule has 2 heteroatoms. The molecule has 0 saturated carbocycles. The summed E-state index contributed by atoms with van der Waals surface area (Å²) in [5, 5.41) is 0. The molecule has 0 atom stereocenters. The highest BCUT2D eigenvalue weighted by molar-refractivity contribution is 5.67. The zero-order chi connectivity index (χ0) is 11.4. The Bertz CT molecular complexity index is 523. The molecule has 0 aliphatic rings. The van der Waals surface area contributed by atoms with Crippen molar-refractivity contribution in [2.45, 2.75) is 0 Å². The Morgan fingerprint density at radius 2 is 1.94 bits per heavy atom. The van der Waals surface area contributed by atoms with Crippen LogP contribution in [-0.4, -0.2) is 12.1 Å². The Balaban J connectivity index is 2.47. The first-order valence-corrected chi connectivity index (χ1v) is 4.91. The topological polar surface area (TPSA) is 22.1 Å². The van der Waals surface area contributed by atoms with Crippen LogP contribution in [0.5, 0.6) is 5.75 Å². The van der Waals surface area contributed by atoms with Crippen LogP contribution in [0.4, 0.5) is 0 Å². The second-order valence-electron chi connectivity index (χ2n) is 3.27. The number of rotatable bonds is 2. The lowest BCUT2D eigenvalue weighted by molar-refractivity contribution is 0.415. The summed E-state index contributed by atoms with van der Waals surface area (Å²) in [5.41, 5.74) is 2.62. The quantitative estimate of drug-likeness (QED) is 0.709. The predicted molar refractivity (Wildman–Crippen MR) is 64.2 cm³/mol. The Labute approximate surface area is 94.9 Å². The number of aromatic nitrogens is 1. The summed E-state index contributed by atoms with van der Waals surface area (Å²) in [5.74, 6) is 3.45. The molecule has 78 valence electrons. The van der Waals surface area contributed by atoms with Crippen molar-refractivity contribution in [1.29, 1.82) is 0 Å². The fourth-order valence-corrected chi connectivity index (χ4v) is 1.50. The van der Waals surface area contributed by atoms with E-state index in [-0.39, 0.29) is 0 Å². The van der Waals surface area contributed by atoms with Crippen LogP contribution < -0.4 is 4.74 Å². The molecular formula is C14H11NO. The van der Waals surface area contributed by atoms with Gasteiger partial charge < -0.3 is 4.74 Å². The van der Waals surface area contributed by atoms with Crippen molar-refractivity contribution in [2.75, 3.05) is 7.11 Å². The van der Waals surface area contributed by atoms with Gasteiger partial charge in [0, 0.05) is 11.8 Å². The van der Waals surface area contributed by atoms with Gasteiger partial charge in [0.1, 0.15) is 5.75 Å². The van der Waals surface area contributed by atoms with E-state index in [0.717, 1.165) is 22.6 Å². The van der Waals surface area contributed by atoms with Crippen molar-refractivity contribution < 1.29 is 4.74 Å². The molecule has 0 fully saturated rings. The van der Waals surface area contributed by atoms with Crippen LogP contribution >= 0.6 is 0 Å². The van der Waals surface area contributed by atoms with Crippen LogP contribution in [0.1, 0.15) is 5.56 Å². The molecule has 16 heavy (non-hydrogen) atoms. The van der Waals surface area contributed by atoms with Crippen molar-refractivity contribution in [1.82, 2.24) is 4.98 Å². The van der Waals surface area contributed by atoms with Crippen molar-refractivity contribution in [2.24, 2.45) is 0 Å². The maximum atomic E-state index is 5.43. The maximum Gasteiger partial charge on any atom is 0.118 e. The molecule has 0 saturated heterocycles. The fraction of sp³-hybridized carbons (Fsp3) is 0.0714. The van der Waals surface area contributed by atoms with Gasteiger partial charge >= 0.3 is 0 Å². The summed E-state index contributed by atoms with van der Waals surface area (Å²) in [6, 6.07) is 11.4. The van der Waals surface area contributed by atoms with E-state index >= 15 is 0 Å². The second kappa shape index (κ2) is 4.50. The highest BCUT2D eigenvalue weighted by Crippen LogP contribution is 2.22. The molecule has 1 aromatic heterocycles. The molecule has 0 unspecified atom stereocenters. The third-order valence-electron chi connectivity index (χ3n) is 2.33. The molecule has 0 radical (unpaired) electrons. The van der Waals surface area contributed by atoms with Gasteiger partial charge in [-0.2, -0.15) is 0 Å². The Hall–Kier alpha value is -2.27. The summed E-state index contributed by atoms with van der Waals surface area (Å²) in [7, 11) is 1.64. The second-order valence-corrected chi connectivity index (χ2v) is 3.27. The van der Waals surface area contributed by atoms with Gasteiger partial charge in [-0.15, -0.1) is 6.42 Å². The standard InChI is InChI=1S/C14H11NO/c1-3-11-5-4-10-15-14(11)12-6-8-13(16-2)9-7-12/h1,4-10H,2H3. The smallest absolute Gasteiger partial charge is 0.118 e. The van der Waals surface area contributed by atoms with Gasteiger partial charge in [-0.1, -0.05) is 5.92 Å². The lowest BCUT2D eigenvalue weighted by Gasteiger charge is -2.04. The van der Waals surface area contributed by atoms with E-state index in [1.165, 1.54) is 0 Å². The first kappa shape index (κ1) is 10.3. The van der Waals surface area contributed by atoms with E-state index in [4.69, 9.17) is 11.2 Å². The van der Waals surface area contributed by atoms with Gasteiger partial charge in [0.25, 0.3) is 0 Å². The number of hydrogen-bond donors (Lipinski definition) is 0. The zero-order valence-electron chi connectivity index (χ0n) is 8.97. The monoisotopic (exact) mass is 209 g/mol. The highest BCUT2D eigenvalue weighted by atomic mass is 16.5. The van der Waals surface area contributed by atoms with Crippen molar-refractivity contribution in [3.63, 3.8) is 0 Å². The van der Waals surface area contributed by atoms with E-state index in [2.05, 4.69) is 10.9 Å². The van der Waals surface area contributed by atoms with Crippen LogP contribution in [0.3, 0.4) is 0 Å². The lowest BCUT2D eigenvalue weighted by Crippen LogP contribution is -1.88. The van der Waals surface area contributed by atoms with E-state index in [0.29, 0.717) is 0 Å². The average Bonchev–Trinajstić information content (AvgIpc) is 2.39. The van der Waals surface area contributed by atoms with Gasteiger partial charge in [-0.05, 0) is 36.4 Å². The first-order valence-electron chi connectivity index (χ1n) is 4.91. The summed E-state index contributed by atoms with van der Waals surface area (Å²) in [6.07, 6.45) is 7.17. The molecule has 2 rings (SSSR count). The fourth-order valence-electron chi connectivity index (χ4n) is 1.50. The lowest BCUT2D eigenvalue weighted by atomic mass is 10.1. The molecule has 0 aliphatic heterocycles. The third-order valence-corrected chi connectivity index (χ3v) is 2.33. The molecule has 2 nitrogen and oxygen atoms in total. The number of pyridine rings is 1. The molecular weight excluding hydrogens is 198 g/mol. The van der Waals surface area contributed by atoms with Crippen LogP contribution in [0.25, 0.3) is 11.3 Å². The molecule has 0 aliphatic carbocycles. The van der Waals surface area contributed by atoms with E-state index < -0.39 is 0 Å². The summed E-state index contributed by atoms with van der Waals surface area (Å²) < 4.78 is 5.10. The minimum absolute atomic E-state index is 0.799. The minimum Gasteiger partial charge on any atom is -0.497 e. The maximum absolute atomic E-state index is 5.43. The number of hydrogen-bond acceptors (Lipinski definition) is 2. The number of ether oxygens (including phenoxy) is 1. The Kier molecular flexibility index (Phi) is 2.88. The van der Waals surface area contributed by atoms with Crippen molar-refractivity contribution in [3.05, 3.63) is 48.2 Å². The van der Waals surface area contributed by atoms with Gasteiger partial charge in [-0.3, -0.25) is 4.98 Å². The minimum atomic E-state index is 0.799. The van der Waals surface area contributed by atoms with E-state index in [1.54, 1.807) is 13.3 Å². The van der Waals surface area contributed by atoms with Gasteiger partial charge in [0.05, 0.1) is 18.4 Å². The molecule has 2 aromatic rings. The molecule has 0 bridgehead atoms. The summed E-state index contributed by atoms with van der Waals surface area (Å²) >= 11 is 0. The van der Waals surface area contributed by atoms with Gasteiger partial charge in [0.15, 0.2) is 0 Å². The predicted octanol–water partition coefficient (Wildman–Crippen LogP) is 2.74. The Morgan fingerprint density at radius 3 is 2.56 bits per heavy atom. The van der Waals surface area contributed by atoms with Crippen LogP contribution in [0.2, 0.25) is 0 Å². The largest absolute Gasteiger partial charge is 0.497 e. The zero-order valence-corrected chi connectivity index (χ0v) is 8.97. The number of nitrogens with zero attached hydrogens (tertiary/aromatic N) is 1. The van der Waals surface area contributed by atoms with E-state index in [1.807, 2.05) is 36.4 Å². The molecule has 0 N–H and O–H groups in total. The summed E-state index contributed by atoms with van der Waals surface area (Å²) in [4.78, 5) is 4.29. The molecule has 0 amide bonds. The normalized spacial score (nSPS) is 9.50. The van der Waals surface area contributed by atoms with E-state index in [9.17, 15) is 0 Å². The van der Waals surface area contributed by atoms with Gasteiger partial charge in [-0.25, -0.2) is 0 Å². The average molecular weight is 209 g/mol. The third kappa shape index (κ3) is 1.89.